The molecule has 1 rings (SSSR count). The standard InChI is InChI=1S/C10H17BrN2O/c1-8(11)7-13-10(14)9-5-3-2-4-6-12-9/h9,12H,1-7H2,(H,13,14). The maximum Gasteiger partial charge on any atom is 0.237 e. The van der Waals surface area contributed by atoms with Crippen LogP contribution in [0.15, 0.2) is 11.1 Å². The van der Waals surface area contributed by atoms with Gasteiger partial charge < -0.3 is 10.6 Å². The number of hydrogen-bond donors (Lipinski definition) is 2. The maximum absolute atomic E-state index is 11.6. The third-order valence-electron chi connectivity index (χ3n) is 2.33. The van der Waals surface area contributed by atoms with Crippen molar-refractivity contribution in [2.45, 2.75) is 31.7 Å². The maximum atomic E-state index is 11.6. The van der Waals surface area contributed by atoms with Crippen LogP contribution in [0.5, 0.6) is 0 Å². The minimum absolute atomic E-state index is 0.00986. The van der Waals surface area contributed by atoms with E-state index in [-0.39, 0.29) is 11.9 Å². The molecule has 2 N–H and O–H groups in total. The van der Waals surface area contributed by atoms with E-state index in [4.69, 9.17) is 0 Å². The van der Waals surface area contributed by atoms with Gasteiger partial charge in [0.1, 0.15) is 0 Å². The Labute approximate surface area is 93.5 Å². The van der Waals surface area contributed by atoms with Gasteiger partial charge in [-0.1, -0.05) is 35.4 Å². The quantitative estimate of drug-likeness (QED) is 0.809. The molecule has 3 nitrogen and oxygen atoms in total. The molecular weight excluding hydrogens is 244 g/mol. The SMILES string of the molecule is C=C(Br)CNC(=O)C1CCCCCN1. The first-order valence-electron chi connectivity index (χ1n) is 5.04. The third kappa shape index (κ3) is 4.24. The zero-order valence-corrected chi connectivity index (χ0v) is 9.90. The number of hydrogen-bond acceptors (Lipinski definition) is 2. The topological polar surface area (TPSA) is 41.1 Å². The summed E-state index contributed by atoms with van der Waals surface area (Å²) in [6.45, 7) is 5.13. The van der Waals surface area contributed by atoms with Crippen LogP contribution >= 0.6 is 15.9 Å². The van der Waals surface area contributed by atoms with Gasteiger partial charge in [0.15, 0.2) is 0 Å². The first-order chi connectivity index (χ1) is 6.70. The largest absolute Gasteiger partial charge is 0.350 e. The van der Waals surface area contributed by atoms with Crippen LogP contribution < -0.4 is 10.6 Å². The Morgan fingerprint density at radius 3 is 3.00 bits per heavy atom. The molecule has 0 radical (unpaired) electrons. The van der Waals surface area contributed by atoms with Crippen molar-refractivity contribution < 1.29 is 4.79 Å². The molecular formula is C10H17BrN2O. The average molecular weight is 261 g/mol. The van der Waals surface area contributed by atoms with Crippen molar-refractivity contribution in [3.63, 3.8) is 0 Å². The number of rotatable bonds is 3. The third-order valence-corrected chi connectivity index (χ3v) is 2.61. The van der Waals surface area contributed by atoms with Gasteiger partial charge in [0.2, 0.25) is 5.91 Å². The molecule has 1 heterocycles. The van der Waals surface area contributed by atoms with Crippen LogP contribution in [0.1, 0.15) is 25.7 Å². The number of halogens is 1. The molecule has 1 fully saturated rings. The molecule has 1 aliphatic heterocycles. The summed E-state index contributed by atoms with van der Waals surface area (Å²) in [7, 11) is 0. The van der Waals surface area contributed by atoms with Crippen molar-refractivity contribution in [1.29, 1.82) is 0 Å². The van der Waals surface area contributed by atoms with E-state index in [2.05, 4.69) is 33.1 Å². The van der Waals surface area contributed by atoms with Gasteiger partial charge in [-0.25, -0.2) is 0 Å². The fourth-order valence-electron chi connectivity index (χ4n) is 1.56. The molecule has 14 heavy (non-hydrogen) atoms. The van der Waals surface area contributed by atoms with Crippen molar-refractivity contribution in [3.05, 3.63) is 11.1 Å². The van der Waals surface area contributed by atoms with E-state index in [9.17, 15) is 4.79 Å². The summed E-state index contributed by atoms with van der Waals surface area (Å²) in [6.07, 6.45) is 4.48. The minimum Gasteiger partial charge on any atom is -0.350 e. The minimum atomic E-state index is -0.00986. The lowest BCUT2D eigenvalue weighted by molar-refractivity contribution is -0.123. The first kappa shape index (κ1) is 11.7. The fourth-order valence-corrected chi connectivity index (χ4v) is 1.70. The van der Waals surface area contributed by atoms with E-state index < -0.39 is 0 Å². The molecule has 1 unspecified atom stereocenters. The summed E-state index contributed by atoms with van der Waals surface area (Å²) in [5.41, 5.74) is 0. The van der Waals surface area contributed by atoms with Crippen LogP contribution in [0.2, 0.25) is 0 Å². The van der Waals surface area contributed by atoms with Gasteiger partial charge in [-0.15, -0.1) is 0 Å². The highest BCUT2D eigenvalue weighted by Gasteiger charge is 2.18. The Morgan fingerprint density at radius 2 is 2.29 bits per heavy atom. The summed E-state index contributed by atoms with van der Waals surface area (Å²) < 4.78 is 0.805. The summed E-state index contributed by atoms with van der Waals surface area (Å²) in [6, 6.07) is -0.00986. The van der Waals surface area contributed by atoms with E-state index in [1.165, 1.54) is 12.8 Å². The van der Waals surface area contributed by atoms with Gasteiger partial charge in [-0.05, 0) is 19.4 Å². The van der Waals surface area contributed by atoms with Crippen LogP contribution in [-0.2, 0) is 4.79 Å². The molecule has 0 saturated carbocycles. The van der Waals surface area contributed by atoms with Crippen LogP contribution in [0, 0.1) is 0 Å². The first-order valence-corrected chi connectivity index (χ1v) is 5.84. The van der Waals surface area contributed by atoms with Crippen molar-refractivity contribution in [3.8, 4) is 0 Å². The lowest BCUT2D eigenvalue weighted by Crippen LogP contribution is -2.44. The highest BCUT2D eigenvalue weighted by Crippen LogP contribution is 2.08. The van der Waals surface area contributed by atoms with Crippen LogP contribution in [-0.4, -0.2) is 25.0 Å². The van der Waals surface area contributed by atoms with Gasteiger partial charge >= 0.3 is 0 Å². The highest BCUT2D eigenvalue weighted by atomic mass is 79.9. The van der Waals surface area contributed by atoms with Gasteiger partial charge in [0.05, 0.1) is 6.04 Å². The normalized spacial score (nSPS) is 22.5. The van der Waals surface area contributed by atoms with Crippen LogP contribution in [0.4, 0.5) is 0 Å². The van der Waals surface area contributed by atoms with E-state index in [0.29, 0.717) is 6.54 Å². The van der Waals surface area contributed by atoms with Gasteiger partial charge in [0, 0.05) is 11.0 Å². The van der Waals surface area contributed by atoms with Crippen molar-refractivity contribution in [1.82, 2.24) is 10.6 Å². The summed E-state index contributed by atoms with van der Waals surface area (Å²) >= 11 is 3.21. The van der Waals surface area contributed by atoms with Gasteiger partial charge in [-0.3, -0.25) is 4.79 Å². The molecule has 0 aromatic carbocycles. The van der Waals surface area contributed by atoms with E-state index in [1.807, 2.05) is 0 Å². The molecule has 1 aliphatic rings. The van der Waals surface area contributed by atoms with E-state index in [1.54, 1.807) is 0 Å². The number of carbonyl (C=O) groups excluding carboxylic acids is 1. The predicted octanol–water partition coefficient (Wildman–Crippen LogP) is 1.54. The molecule has 0 aromatic rings. The second kappa shape index (κ2) is 6.19. The van der Waals surface area contributed by atoms with E-state index >= 15 is 0 Å². The number of carbonyl (C=O) groups is 1. The zero-order valence-electron chi connectivity index (χ0n) is 8.31. The van der Waals surface area contributed by atoms with Crippen molar-refractivity contribution in [2.24, 2.45) is 0 Å². The molecule has 0 bridgehead atoms. The zero-order chi connectivity index (χ0) is 10.4. The Balaban J connectivity index is 2.30. The molecule has 80 valence electrons. The second-order valence-electron chi connectivity index (χ2n) is 3.59. The van der Waals surface area contributed by atoms with Gasteiger partial charge in [-0.2, -0.15) is 0 Å². The average Bonchev–Trinajstić information content (AvgIpc) is 2.42. The van der Waals surface area contributed by atoms with Crippen molar-refractivity contribution >= 4 is 21.8 Å². The lowest BCUT2D eigenvalue weighted by atomic mass is 10.1. The van der Waals surface area contributed by atoms with Crippen LogP contribution in [0.3, 0.4) is 0 Å². The predicted molar refractivity (Wildman–Crippen MR) is 61.3 cm³/mol. The smallest absolute Gasteiger partial charge is 0.237 e. The highest BCUT2D eigenvalue weighted by molar-refractivity contribution is 9.11. The summed E-state index contributed by atoms with van der Waals surface area (Å²) in [5, 5.41) is 6.08. The molecule has 0 spiro atoms. The van der Waals surface area contributed by atoms with E-state index in [0.717, 1.165) is 23.9 Å². The Morgan fingerprint density at radius 1 is 1.50 bits per heavy atom. The molecule has 1 atom stereocenters. The van der Waals surface area contributed by atoms with Gasteiger partial charge in [0.25, 0.3) is 0 Å². The van der Waals surface area contributed by atoms with Crippen LogP contribution in [0.25, 0.3) is 0 Å². The number of nitrogens with one attached hydrogen (secondary N) is 2. The molecule has 1 saturated heterocycles. The summed E-state index contributed by atoms with van der Waals surface area (Å²) in [5.74, 6) is 0.0903. The van der Waals surface area contributed by atoms with Crippen molar-refractivity contribution in [2.75, 3.05) is 13.1 Å². The Hall–Kier alpha value is -0.350. The molecule has 0 aromatic heterocycles. The summed E-state index contributed by atoms with van der Waals surface area (Å²) in [4.78, 5) is 11.6. The second-order valence-corrected chi connectivity index (χ2v) is 4.71. The Bertz CT molecular complexity index is 210. The Kier molecular flexibility index (Phi) is 5.19. The monoisotopic (exact) mass is 260 g/mol. The molecule has 1 amide bonds. The fraction of sp³-hybridized carbons (Fsp3) is 0.700. The lowest BCUT2D eigenvalue weighted by Gasteiger charge is -2.15. The number of amides is 1. The molecule has 0 aliphatic carbocycles. The molecule has 4 heteroatoms.